The maximum atomic E-state index is 11.8. The summed E-state index contributed by atoms with van der Waals surface area (Å²) in [7, 11) is 0. The van der Waals surface area contributed by atoms with Crippen molar-refractivity contribution in [1.29, 1.82) is 0 Å². The first-order chi connectivity index (χ1) is 8.01. The largest absolute Gasteiger partial charge is 0.385 e. The zero-order chi connectivity index (χ0) is 12.5. The van der Waals surface area contributed by atoms with Crippen LogP contribution < -0.4 is 5.32 Å². The van der Waals surface area contributed by atoms with Gasteiger partial charge in [0, 0.05) is 19.6 Å². The molecule has 1 aromatic heterocycles. The summed E-state index contributed by atoms with van der Waals surface area (Å²) in [5, 5.41) is 12.9. The van der Waals surface area contributed by atoms with E-state index in [2.05, 4.69) is 5.32 Å². The number of thiophene rings is 1. The van der Waals surface area contributed by atoms with Crippen molar-refractivity contribution >= 4 is 28.8 Å². The van der Waals surface area contributed by atoms with Gasteiger partial charge in [0.2, 0.25) is 0 Å². The van der Waals surface area contributed by atoms with Gasteiger partial charge < -0.3 is 15.2 Å². The second-order valence-corrected chi connectivity index (χ2v) is 5.87. The van der Waals surface area contributed by atoms with Gasteiger partial charge in [-0.15, -0.1) is 11.3 Å². The molecule has 0 spiro atoms. The highest BCUT2D eigenvalue weighted by Crippen LogP contribution is 2.25. The maximum Gasteiger partial charge on any atom is 0.261 e. The third-order valence-corrected chi connectivity index (χ3v) is 4.24. The fourth-order valence-electron chi connectivity index (χ4n) is 1.76. The van der Waals surface area contributed by atoms with E-state index in [1.165, 1.54) is 11.3 Å². The van der Waals surface area contributed by atoms with Gasteiger partial charge in [0.1, 0.15) is 5.60 Å². The van der Waals surface area contributed by atoms with Crippen LogP contribution in [0, 0.1) is 0 Å². The fraction of sp³-hybridized carbons (Fsp3) is 0.545. The smallest absolute Gasteiger partial charge is 0.261 e. The van der Waals surface area contributed by atoms with E-state index in [9.17, 15) is 9.90 Å². The standard InChI is InChI=1S/C11H14ClNO3S/c1-7-11(15,4-5-16-7)6-13-10(14)8-2-3-9(12)17-8/h2-3,7,15H,4-6H2,1H3,(H,13,14). The Labute approximate surface area is 109 Å². The average molecular weight is 276 g/mol. The molecule has 94 valence electrons. The van der Waals surface area contributed by atoms with Crippen molar-refractivity contribution in [2.24, 2.45) is 0 Å². The third-order valence-electron chi connectivity index (χ3n) is 3.01. The molecule has 0 aromatic carbocycles. The molecular formula is C11H14ClNO3S. The van der Waals surface area contributed by atoms with Crippen LogP contribution in [0.3, 0.4) is 0 Å². The van der Waals surface area contributed by atoms with Gasteiger partial charge in [-0.3, -0.25) is 4.79 Å². The number of halogens is 1. The molecular weight excluding hydrogens is 262 g/mol. The molecule has 2 atom stereocenters. The van der Waals surface area contributed by atoms with Crippen molar-refractivity contribution in [1.82, 2.24) is 5.32 Å². The van der Waals surface area contributed by atoms with Crippen molar-refractivity contribution in [3.05, 3.63) is 21.3 Å². The van der Waals surface area contributed by atoms with E-state index in [0.717, 1.165) is 0 Å². The summed E-state index contributed by atoms with van der Waals surface area (Å²) in [5.74, 6) is -0.213. The predicted octanol–water partition coefficient (Wildman–Crippen LogP) is 1.67. The molecule has 2 rings (SSSR count). The number of nitrogens with one attached hydrogen (secondary N) is 1. The number of aliphatic hydroxyl groups is 1. The molecule has 2 unspecified atom stereocenters. The second-order valence-electron chi connectivity index (χ2n) is 4.15. The summed E-state index contributed by atoms with van der Waals surface area (Å²) in [6, 6.07) is 3.35. The van der Waals surface area contributed by atoms with E-state index in [0.29, 0.717) is 22.2 Å². The minimum absolute atomic E-state index is 0.197. The number of rotatable bonds is 3. The molecule has 0 saturated carbocycles. The van der Waals surface area contributed by atoms with Gasteiger partial charge in [-0.2, -0.15) is 0 Å². The SMILES string of the molecule is CC1OCCC1(O)CNC(=O)c1ccc(Cl)s1. The van der Waals surface area contributed by atoms with Crippen LogP contribution in [-0.4, -0.2) is 35.9 Å². The molecule has 1 amide bonds. The monoisotopic (exact) mass is 275 g/mol. The molecule has 2 heterocycles. The second kappa shape index (κ2) is 4.94. The third kappa shape index (κ3) is 2.80. The van der Waals surface area contributed by atoms with Crippen molar-refractivity contribution < 1.29 is 14.6 Å². The Balaban J connectivity index is 1.92. The lowest BCUT2D eigenvalue weighted by molar-refractivity contribution is -0.0251. The molecule has 17 heavy (non-hydrogen) atoms. The van der Waals surface area contributed by atoms with Gasteiger partial charge in [0.05, 0.1) is 15.3 Å². The quantitative estimate of drug-likeness (QED) is 0.882. The Hall–Kier alpha value is -0.620. The first kappa shape index (κ1) is 12.8. The van der Waals surface area contributed by atoms with Crippen molar-refractivity contribution in [2.75, 3.05) is 13.2 Å². The van der Waals surface area contributed by atoms with Gasteiger partial charge in [-0.1, -0.05) is 11.6 Å². The summed E-state index contributed by atoms with van der Waals surface area (Å²) in [6.45, 7) is 2.53. The van der Waals surface area contributed by atoms with E-state index in [1.54, 1.807) is 19.1 Å². The number of amides is 1. The predicted molar refractivity (Wildman–Crippen MR) is 66.6 cm³/mol. The van der Waals surface area contributed by atoms with Crippen LogP contribution in [0.1, 0.15) is 23.0 Å². The van der Waals surface area contributed by atoms with Gasteiger partial charge in [0.15, 0.2) is 0 Å². The fourth-order valence-corrected chi connectivity index (χ4v) is 2.72. The van der Waals surface area contributed by atoms with Crippen LogP contribution >= 0.6 is 22.9 Å². The van der Waals surface area contributed by atoms with E-state index in [4.69, 9.17) is 16.3 Å². The van der Waals surface area contributed by atoms with Crippen LogP contribution in [0.15, 0.2) is 12.1 Å². The van der Waals surface area contributed by atoms with Crippen molar-refractivity contribution in [3.8, 4) is 0 Å². The molecule has 0 radical (unpaired) electrons. The minimum Gasteiger partial charge on any atom is -0.385 e. The van der Waals surface area contributed by atoms with Gasteiger partial charge in [-0.05, 0) is 19.1 Å². The van der Waals surface area contributed by atoms with E-state index >= 15 is 0 Å². The Kier molecular flexibility index (Phi) is 3.73. The molecule has 1 aliphatic heterocycles. The van der Waals surface area contributed by atoms with Gasteiger partial charge >= 0.3 is 0 Å². The van der Waals surface area contributed by atoms with E-state index in [-0.39, 0.29) is 18.6 Å². The minimum atomic E-state index is -0.962. The normalized spacial score (nSPS) is 28.3. The summed E-state index contributed by atoms with van der Waals surface area (Å²) in [4.78, 5) is 12.3. The highest BCUT2D eigenvalue weighted by molar-refractivity contribution is 7.17. The topological polar surface area (TPSA) is 58.6 Å². The molecule has 6 heteroatoms. The molecule has 1 saturated heterocycles. The highest BCUT2D eigenvalue weighted by atomic mass is 35.5. The lowest BCUT2D eigenvalue weighted by Crippen LogP contribution is -2.47. The zero-order valence-electron chi connectivity index (χ0n) is 9.40. The highest BCUT2D eigenvalue weighted by Gasteiger charge is 2.39. The number of carbonyl (C=O) groups excluding carboxylic acids is 1. The van der Waals surface area contributed by atoms with Crippen LogP contribution in [0.25, 0.3) is 0 Å². The Morgan fingerprint density at radius 2 is 2.53 bits per heavy atom. The van der Waals surface area contributed by atoms with Crippen molar-refractivity contribution in [2.45, 2.75) is 25.0 Å². The number of carbonyl (C=O) groups is 1. The van der Waals surface area contributed by atoms with Crippen LogP contribution in [-0.2, 0) is 4.74 Å². The van der Waals surface area contributed by atoms with Crippen LogP contribution in [0.5, 0.6) is 0 Å². The molecule has 0 aliphatic carbocycles. The van der Waals surface area contributed by atoms with E-state index < -0.39 is 5.60 Å². The van der Waals surface area contributed by atoms with Gasteiger partial charge in [-0.25, -0.2) is 0 Å². The molecule has 0 bridgehead atoms. The summed E-state index contributed by atoms with van der Waals surface area (Å²) in [5.41, 5.74) is -0.962. The van der Waals surface area contributed by atoms with Crippen LogP contribution in [0.4, 0.5) is 0 Å². The Morgan fingerprint density at radius 3 is 3.06 bits per heavy atom. The average Bonchev–Trinajstić information content (AvgIpc) is 2.84. The van der Waals surface area contributed by atoms with Crippen molar-refractivity contribution in [3.63, 3.8) is 0 Å². The Bertz CT molecular complexity index is 423. The lowest BCUT2D eigenvalue weighted by atomic mass is 9.97. The van der Waals surface area contributed by atoms with E-state index in [1.807, 2.05) is 0 Å². The maximum absolute atomic E-state index is 11.8. The molecule has 1 aliphatic rings. The van der Waals surface area contributed by atoms with Gasteiger partial charge in [0.25, 0.3) is 5.91 Å². The number of hydrogen-bond donors (Lipinski definition) is 2. The Morgan fingerprint density at radius 1 is 1.76 bits per heavy atom. The summed E-state index contributed by atoms with van der Waals surface area (Å²) < 4.78 is 5.87. The first-order valence-corrected chi connectivity index (χ1v) is 6.58. The lowest BCUT2D eigenvalue weighted by Gasteiger charge is -2.25. The number of ether oxygens (including phenoxy) is 1. The number of hydrogen-bond acceptors (Lipinski definition) is 4. The molecule has 4 nitrogen and oxygen atoms in total. The zero-order valence-corrected chi connectivity index (χ0v) is 11.0. The summed E-state index contributed by atoms with van der Waals surface area (Å²) >= 11 is 6.97. The molecule has 1 aromatic rings. The first-order valence-electron chi connectivity index (χ1n) is 5.39. The van der Waals surface area contributed by atoms with Crippen LogP contribution in [0.2, 0.25) is 4.34 Å². The summed E-state index contributed by atoms with van der Waals surface area (Å²) in [6.07, 6.45) is 0.286. The molecule has 1 fully saturated rings. The molecule has 2 N–H and O–H groups in total.